The average molecular weight is 297 g/mol. The van der Waals surface area contributed by atoms with Crippen molar-refractivity contribution in [1.82, 2.24) is 25.5 Å². The van der Waals surface area contributed by atoms with Crippen LogP contribution < -0.4 is 5.32 Å². The fourth-order valence-corrected chi connectivity index (χ4v) is 4.05. The van der Waals surface area contributed by atoms with Crippen LogP contribution >= 0.6 is 11.8 Å². The van der Waals surface area contributed by atoms with Gasteiger partial charge in [0.2, 0.25) is 0 Å². The first-order chi connectivity index (χ1) is 9.78. The second-order valence-corrected chi connectivity index (χ2v) is 6.98. The van der Waals surface area contributed by atoms with E-state index in [2.05, 4.69) is 39.4 Å². The van der Waals surface area contributed by atoms with Crippen molar-refractivity contribution in [2.75, 3.05) is 12.3 Å². The Bertz CT molecular complexity index is 375. The maximum atomic E-state index is 4.30. The van der Waals surface area contributed by atoms with E-state index in [0.717, 1.165) is 29.8 Å². The minimum Gasteiger partial charge on any atom is -0.313 e. The molecule has 1 aromatic rings. The minimum atomic E-state index is 0.464. The molecule has 6 heteroatoms. The first-order valence-corrected chi connectivity index (χ1v) is 8.90. The number of hydrogen-bond donors (Lipinski definition) is 1. The standard InChI is InChI=1S/C14H27N5S/c1-3-9-15-12(10-14-16-18-19(2)17-14)11-20-13-7-5-4-6-8-13/h12-13,15H,3-11H2,1-2H3. The van der Waals surface area contributed by atoms with Crippen molar-refractivity contribution < 1.29 is 0 Å². The molecule has 1 fully saturated rings. The van der Waals surface area contributed by atoms with Crippen LogP contribution in [-0.4, -0.2) is 43.8 Å². The summed E-state index contributed by atoms with van der Waals surface area (Å²) < 4.78 is 0. The molecule has 0 aromatic carbocycles. The zero-order valence-electron chi connectivity index (χ0n) is 12.7. The number of aryl methyl sites for hydroxylation is 1. The van der Waals surface area contributed by atoms with Gasteiger partial charge in [-0.25, -0.2) is 0 Å². The van der Waals surface area contributed by atoms with Gasteiger partial charge in [0.1, 0.15) is 0 Å². The summed E-state index contributed by atoms with van der Waals surface area (Å²) in [5.41, 5.74) is 0. The van der Waals surface area contributed by atoms with E-state index in [0.29, 0.717) is 6.04 Å². The number of hydrogen-bond acceptors (Lipinski definition) is 5. The molecule has 1 N–H and O–H groups in total. The maximum absolute atomic E-state index is 4.30. The first kappa shape index (κ1) is 15.8. The molecule has 0 spiro atoms. The summed E-state index contributed by atoms with van der Waals surface area (Å²) in [6, 6.07) is 0.464. The monoisotopic (exact) mass is 297 g/mol. The number of tetrazole rings is 1. The van der Waals surface area contributed by atoms with E-state index in [1.807, 2.05) is 7.05 Å². The van der Waals surface area contributed by atoms with Crippen LogP contribution in [0.25, 0.3) is 0 Å². The molecule has 0 aliphatic heterocycles. The Balaban J connectivity index is 1.79. The molecule has 1 heterocycles. The molecule has 1 aliphatic carbocycles. The highest BCUT2D eigenvalue weighted by molar-refractivity contribution is 7.99. The van der Waals surface area contributed by atoms with Gasteiger partial charge in [-0.05, 0) is 31.0 Å². The van der Waals surface area contributed by atoms with Crippen molar-refractivity contribution in [3.8, 4) is 0 Å². The van der Waals surface area contributed by atoms with Crippen molar-refractivity contribution in [2.24, 2.45) is 7.05 Å². The molecule has 0 bridgehead atoms. The Morgan fingerprint density at radius 2 is 2.15 bits per heavy atom. The molecule has 0 amide bonds. The van der Waals surface area contributed by atoms with Crippen molar-refractivity contribution in [3.63, 3.8) is 0 Å². The molecular weight excluding hydrogens is 270 g/mol. The van der Waals surface area contributed by atoms with Crippen LogP contribution in [0.5, 0.6) is 0 Å². The van der Waals surface area contributed by atoms with Crippen LogP contribution in [0.3, 0.4) is 0 Å². The third-order valence-electron chi connectivity index (χ3n) is 3.75. The lowest BCUT2D eigenvalue weighted by atomic mass is 10.0. The normalized spacial score (nSPS) is 18.3. The van der Waals surface area contributed by atoms with Gasteiger partial charge in [-0.1, -0.05) is 26.2 Å². The van der Waals surface area contributed by atoms with Crippen molar-refractivity contribution in [1.29, 1.82) is 0 Å². The molecular formula is C14H27N5S. The lowest BCUT2D eigenvalue weighted by molar-refractivity contribution is 0.509. The fraction of sp³-hybridized carbons (Fsp3) is 0.929. The van der Waals surface area contributed by atoms with E-state index in [4.69, 9.17) is 0 Å². The van der Waals surface area contributed by atoms with Crippen molar-refractivity contribution in [2.45, 2.75) is 63.2 Å². The molecule has 1 aromatic heterocycles. The zero-order valence-corrected chi connectivity index (χ0v) is 13.5. The topological polar surface area (TPSA) is 55.6 Å². The highest BCUT2D eigenvalue weighted by Crippen LogP contribution is 2.28. The van der Waals surface area contributed by atoms with Crippen LogP contribution in [0.15, 0.2) is 0 Å². The molecule has 1 aliphatic rings. The summed E-state index contributed by atoms with van der Waals surface area (Å²) in [5, 5.41) is 16.8. The van der Waals surface area contributed by atoms with Crippen molar-refractivity contribution >= 4 is 11.8 Å². The number of rotatable bonds is 8. The van der Waals surface area contributed by atoms with E-state index in [1.54, 1.807) is 4.80 Å². The third kappa shape index (κ3) is 5.40. The van der Waals surface area contributed by atoms with Gasteiger partial charge in [-0.2, -0.15) is 16.6 Å². The predicted octanol–water partition coefficient (Wildman–Crippen LogP) is 2.19. The summed E-state index contributed by atoms with van der Waals surface area (Å²) in [7, 11) is 1.82. The molecule has 2 rings (SSSR count). The molecule has 0 radical (unpaired) electrons. The van der Waals surface area contributed by atoms with E-state index in [1.165, 1.54) is 38.5 Å². The Labute approximate surface area is 126 Å². The van der Waals surface area contributed by atoms with Crippen molar-refractivity contribution in [3.05, 3.63) is 5.82 Å². The van der Waals surface area contributed by atoms with Gasteiger partial charge in [0.05, 0.1) is 7.05 Å². The third-order valence-corrected chi connectivity index (χ3v) is 5.28. The molecule has 0 saturated heterocycles. The van der Waals surface area contributed by atoms with Crippen LogP contribution in [0.4, 0.5) is 0 Å². The number of thioether (sulfide) groups is 1. The van der Waals surface area contributed by atoms with Gasteiger partial charge in [-0.3, -0.25) is 0 Å². The minimum absolute atomic E-state index is 0.464. The second kappa shape index (κ2) is 8.62. The Morgan fingerprint density at radius 1 is 1.35 bits per heavy atom. The molecule has 1 saturated carbocycles. The Hall–Kier alpha value is -0.620. The number of aromatic nitrogens is 4. The molecule has 1 unspecified atom stereocenters. The quantitative estimate of drug-likeness (QED) is 0.797. The molecule has 1 atom stereocenters. The van der Waals surface area contributed by atoms with Crippen LogP contribution in [0, 0.1) is 0 Å². The van der Waals surface area contributed by atoms with Crippen LogP contribution in [0.1, 0.15) is 51.3 Å². The first-order valence-electron chi connectivity index (χ1n) is 7.85. The predicted molar refractivity (Wildman–Crippen MR) is 83.9 cm³/mol. The largest absolute Gasteiger partial charge is 0.313 e. The molecule has 20 heavy (non-hydrogen) atoms. The molecule has 5 nitrogen and oxygen atoms in total. The second-order valence-electron chi connectivity index (χ2n) is 5.64. The van der Waals surface area contributed by atoms with E-state index in [9.17, 15) is 0 Å². The smallest absolute Gasteiger partial charge is 0.176 e. The lowest BCUT2D eigenvalue weighted by Gasteiger charge is -2.24. The van der Waals surface area contributed by atoms with Gasteiger partial charge < -0.3 is 5.32 Å². The van der Waals surface area contributed by atoms with Gasteiger partial charge in [-0.15, -0.1) is 10.2 Å². The zero-order chi connectivity index (χ0) is 14.2. The summed E-state index contributed by atoms with van der Waals surface area (Å²) in [6.45, 7) is 3.27. The Morgan fingerprint density at radius 3 is 2.80 bits per heavy atom. The van der Waals surface area contributed by atoms with E-state index < -0.39 is 0 Å². The van der Waals surface area contributed by atoms with E-state index in [-0.39, 0.29) is 0 Å². The van der Waals surface area contributed by atoms with Gasteiger partial charge in [0.25, 0.3) is 0 Å². The molecule has 114 valence electrons. The number of nitrogens with zero attached hydrogens (tertiary/aromatic N) is 4. The number of nitrogens with one attached hydrogen (secondary N) is 1. The van der Waals surface area contributed by atoms with Crippen LogP contribution in [-0.2, 0) is 13.5 Å². The fourth-order valence-electron chi connectivity index (χ4n) is 2.65. The van der Waals surface area contributed by atoms with Gasteiger partial charge in [0.15, 0.2) is 5.82 Å². The van der Waals surface area contributed by atoms with Gasteiger partial charge >= 0.3 is 0 Å². The highest BCUT2D eigenvalue weighted by atomic mass is 32.2. The van der Waals surface area contributed by atoms with Crippen LogP contribution in [0.2, 0.25) is 0 Å². The lowest BCUT2D eigenvalue weighted by Crippen LogP contribution is -2.35. The Kier molecular flexibility index (Phi) is 6.79. The SMILES string of the molecule is CCCNC(CSC1CCCCC1)Cc1nnn(C)n1. The van der Waals surface area contributed by atoms with Gasteiger partial charge in [0, 0.05) is 23.5 Å². The summed E-state index contributed by atoms with van der Waals surface area (Å²) in [4.78, 5) is 1.54. The highest BCUT2D eigenvalue weighted by Gasteiger charge is 2.18. The summed E-state index contributed by atoms with van der Waals surface area (Å²) in [5.74, 6) is 2.01. The summed E-state index contributed by atoms with van der Waals surface area (Å²) in [6.07, 6.45) is 9.10. The average Bonchev–Trinajstić information content (AvgIpc) is 2.88. The van der Waals surface area contributed by atoms with E-state index >= 15 is 0 Å². The summed E-state index contributed by atoms with van der Waals surface area (Å²) >= 11 is 2.14. The maximum Gasteiger partial charge on any atom is 0.176 e.